The van der Waals surface area contributed by atoms with Crippen LogP contribution in [0.2, 0.25) is 0 Å². The average molecular weight is 223 g/mol. The first-order valence-electron chi connectivity index (χ1n) is 5.55. The number of nitrogens with two attached hydrogens (primary N) is 1. The SMILES string of the molecule is N[C@H](c1ccc(O)cc1O)[C@@H](O)C1CCC1. The fourth-order valence-electron chi connectivity index (χ4n) is 2.07. The van der Waals surface area contributed by atoms with Crippen LogP contribution in [0, 0.1) is 5.92 Å². The maximum atomic E-state index is 9.99. The zero-order chi connectivity index (χ0) is 11.7. The van der Waals surface area contributed by atoms with Crippen LogP contribution in [0.4, 0.5) is 0 Å². The normalized spacial score (nSPS) is 20.1. The highest BCUT2D eigenvalue weighted by atomic mass is 16.3. The van der Waals surface area contributed by atoms with Crippen LogP contribution >= 0.6 is 0 Å². The molecule has 1 aliphatic carbocycles. The molecule has 1 aliphatic rings. The van der Waals surface area contributed by atoms with Crippen molar-refractivity contribution in [3.8, 4) is 11.5 Å². The monoisotopic (exact) mass is 223 g/mol. The van der Waals surface area contributed by atoms with Gasteiger partial charge in [-0.2, -0.15) is 0 Å². The number of hydrogen-bond donors (Lipinski definition) is 4. The topological polar surface area (TPSA) is 86.7 Å². The highest BCUT2D eigenvalue weighted by Crippen LogP contribution is 2.36. The van der Waals surface area contributed by atoms with Gasteiger partial charge in [-0.15, -0.1) is 0 Å². The third-order valence-electron chi connectivity index (χ3n) is 3.37. The Labute approximate surface area is 94.3 Å². The maximum absolute atomic E-state index is 9.99. The number of rotatable bonds is 3. The second-order valence-electron chi connectivity index (χ2n) is 4.45. The summed E-state index contributed by atoms with van der Waals surface area (Å²) in [6.07, 6.45) is 2.50. The number of hydrogen-bond acceptors (Lipinski definition) is 4. The van der Waals surface area contributed by atoms with E-state index in [1.54, 1.807) is 6.07 Å². The Morgan fingerprint density at radius 2 is 1.94 bits per heavy atom. The molecule has 0 radical (unpaired) electrons. The van der Waals surface area contributed by atoms with Crippen LogP contribution < -0.4 is 5.73 Å². The van der Waals surface area contributed by atoms with Crippen LogP contribution in [0.1, 0.15) is 30.9 Å². The van der Waals surface area contributed by atoms with E-state index in [0.717, 1.165) is 19.3 Å². The molecule has 0 bridgehead atoms. The van der Waals surface area contributed by atoms with E-state index < -0.39 is 12.1 Å². The number of aliphatic hydroxyl groups is 1. The van der Waals surface area contributed by atoms with Gasteiger partial charge in [0.15, 0.2) is 0 Å². The van der Waals surface area contributed by atoms with E-state index in [2.05, 4.69) is 0 Å². The summed E-state index contributed by atoms with van der Waals surface area (Å²) in [5, 5.41) is 28.8. The molecule has 0 spiro atoms. The van der Waals surface area contributed by atoms with Gasteiger partial charge in [0.05, 0.1) is 12.1 Å². The minimum Gasteiger partial charge on any atom is -0.508 e. The van der Waals surface area contributed by atoms with Crippen molar-refractivity contribution in [2.75, 3.05) is 0 Å². The van der Waals surface area contributed by atoms with Gasteiger partial charge in [0.1, 0.15) is 11.5 Å². The molecule has 0 amide bonds. The molecule has 4 nitrogen and oxygen atoms in total. The molecule has 2 rings (SSSR count). The first-order valence-corrected chi connectivity index (χ1v) is 5.55. The lowest BCUT2D eigenvalue weighted by Gasteiger charge is -2.33. The van der Waals surface area contributed by atoms with Crippen molar-refractivity contribution in [1.82, 2.24) is 0 Å². The summed E-state index contributed by atoms with van der Waals surface area (Å²) in [6, 6.07) is 3.66. The minimum atomic E-state index is -0.621. The molecule has 0 aromatic heterocycles. The van der Waals surface area contributed by atoms with Crippen molar-refractivity contribution in [3.05, 3.63) is 23.8 Å². The molecule has 2 atom stereocenters. The Morgan fingerprint density at radius 3 is 2.44 bits per heavy atom. The number of phenols is 2. The van der Waals surface area contributed by atoms with Gasteiger partial charge in [0, 0.05) is 11.6 Å². The van der Waals surface area contributed by atoms with Crippen LogP contribution in [-0.4, -0.2) is 21.4 Å². The molecular weight excluding hydrogens is 206 g/mol. The Bertz CT molecular complexity index is 377. The average Bonchev–Trinajstić information content (AvgIpc) is 2.14. The molecular formula is C12H17NO3. The summed E-state index contributed by atoms with van der Waals surface area (Å²) in [6.45, 7) is 0. The van der Waals surface area contributed by atoms with Gasteiger partial charge in [0.2, 0.25) is 0 Å². The molecule has 0 heterocycles. The number of aromatic hydroxyl groups is 2. The quantitative estimate of drug-likeness (QED) is 0.621. The first-order chi connectivity index (χ1) is 7.59. The fourth-order valence-corrected chi connectivity index (χ4v) is 2.07. The van der Waals surface area contributed by atoms with E-state index in [-0.39, 0.29) is 17.4 Å². The molecule has 1 fully saturated rings. The molecule has 0 unspecified atom stereocenters. The summed E-state index contributed by atoms with van der Waals surface area (Å²) in [5.74, 6) is 0.167. The van der Waals surface area contributed by atoms with Crippen molar-refractivity contribution in [2.45, 2.75) is 31.4 Å². The Hall–Kier alpha value is -1.26. The van der Waals surface area contributed by atoms with Gasteiger partial charge in [-0.05, 0) is 30.9 Å². The van der Waals surface area contributed by atoms with Crippen LogP contribution in [0.25, 0.3) is 0 Å². The van der Waals surface area contributed by atoms with Gasteiger partial charge in [-0.25, -0.2) is 0 Å². The molecule has 1 aromatic carbocycles. The van der Waals surface area contributed by atoms with Gasteiger partial charge in [-0.3, -0.25) is 0 Å². The van der Waals surface area contributed by atoms with E-state index in [1.807, 2.05) is 0 Å². The van der Waals surface area contributed by atoms with E-state index in [0.29, 0.717) is 5.56 Å². The molecule has 16 heavy (non-hydrogen) atoms. The zero-order valence-corrected chi connectivity index (χ0v) is 9.00. The standard InChI is InChI=1S/C12H17NO3/c13-11(12(16)7-2-1-3-7)9-5-4-8(14)6-10(9)15/h4-7,11-12,14-16H,1-3,13H2/t11-,12+/m1/s1. The van der Waals surface area contributed by atoms with Crippen molar-refractivity contribution in [2.24, 2.45) is 11.7 Å². The molecule has 4 heteroatoms. The molecule has 5 N–H and O–H groups in total. The minimum absolute atomic E-state index is 0.00779. The molecule has 1 aromatic rings. The van der Waals surface area contributed by atoms with Crippen LogP contribution in [0.3, 0.4) is 0 Å². The van der Waals surface area contributed by atoms with Crippen LogP contribution in [0.5, 0.6) is 11.5 Å². The molecule has 88 valence electrons. The summed E-state index contributed by atoms with van der Waals surface area (Å²) < 4.78 is 0. The maximum Gasteiger partial charge on any atom is 0.124 e. The van der Waals surface area contributed by atoms with Gasteiger partial charge < -0.3 is 21.1 Å². The first kappa shape index (κ1) is 11.2. The summed E-state index contributed by atoms with van der Waals surface area (Å²) in [4.78, 5) is 0. The third-order valence-corrected chi connectivity index (χ3v) is 3.37. The lowest BCUT2D eigenvalue weighted by Crippen LogP contribution is -2.36. The summed E-state index contributed by atoms with van der Waals surface area (Å²) >= 11 is 0. The predicted molar refractivity (Wildman–Crippen MR) is 60.0 cm³/mol. The lowest BCUT2D eigenvalue weighted by molar-refractivity contribution is 0.0407. The van der Waals surface area contributed by atoms with Crippen LogP contribution in [0.15, 0.2) is 18.2 Å². The van der Waals surface area contributed by atoms with E-state index >= 15 is 0 Å². The van der Waals surface area contributed by atoms with E-state index in [9.17, 15) is 10.2 Å². The Kier molecular flexibility index (Phi) is 3.03. The van der Waals surface area contributed by atoms with E-state index in [4.69, 9.17) is 10.8 Å². The second-order valence-corrected chi connectivity index (χ2v) is 4.45. The Morgan fingerprint density at radius 1 is 1.25 bits per heavy atom. The highest BCUT2D eigenvalue weighted by molar-refractivity contribution is 5.41. The number of aliphatic hydroxyl groups excluding tert-OH is 1. The summed E-state index contributed by atoms with van der Waals surface area (Å²) in [5.41, 5.74) is 6.39. The van der Waals surface area contributed by atoms with Gasteiger partial charge >= 0.3 is 0 Å². The van der Waals surface area contributed by atoms with Crippen LogP contribution in [-0.2, 0) is 0 Å². The largest absolute Gasteiger partial charge is 0.508 e. The van der Waals surface area contributed by atoms with Crippen molar-refractivity contribution >= 4 is 0 Å². The van der Waals surface area contributed by atoms with Crippen molar-refractivity contribution < 1.29 is 15.3 Å². The van der Waals surface area contributed by atoms with Gasteiger partial charge in [-0.1, -0.05) is 6.42 Å². The fraction of sp³-hybridized carbons (Fsp3) is 0.500. The zero-order valence-electron chi connectivity index (χ0n) is 9.00. The number of benzene rings is 1. The predicted octanol–water partition coefficient (Wildman–Crippen LogP) is 1.26. The van der Waals surface area contributed by atoms with Crippen molar-refractivity contribution in [1.29, 1.82) is 0 Å². The molecule has 0 saturated heterocycles. The molecule has 1 saturated carbocycles. The third kappa shape index (κ3) is 1.99. The van der Waals surface area contributed by atoms with E-state index in [1.165, 1.54) is 12.1 Å². The van der Waals surface area contributed by atoms with Gasteiger partial charge in [0.25, 0.3) is 0 Å². The highest BCUT2D eigenvalue weighted by Gasteiger charge is 2.31. The smallest absolute Gasteiger partial charge is 0.124 e. The Balaban J connectivity index is 2.15. The lowest BCUT2D eigenvalue weighted by atomic mass is 9.77. The second kappa shape index (κ2) is 4.31. The molecule has 0 aliphatic heterocycles. The summed E-state index contributed by atoms with van der Waals surface area (Å²) in [7, 11) is 0. The van der Waals surface area contributed by atoms with Crippen molar-refractivity contribution in [3.63, 3.8) is 0 Å². The number of phenolic OH excluding ortho intramolecular Hbond substituents is 2.